The lowest BCUT2D eigenvalue weighted by molar-refractivity contribution is -0.181. The van der Waals surface area contributed by atoms with Gasteiger partial charge >= 0.3 is 11.9 Å². The first-order chi connectivity index (χ1) is 20.5. The van der Waals surface area contributed by atoms with Crippen molar-refractivity contribution in [1.82, 2.24) is 5.32 Å². The fourth-order valence-electron chi connectivity index (χ4n) is 12.5. The molecule has 1 aliphatic heterocycles. The van der Waals surface area contributed by atoms with Gasteiger partial charge in [0.05, 0.1) is 0 Å². The number of carbonyl (C=O) groups is 3. The van der Waals surface area contributed by atoms with Crippen LogP contribution < -0.4 is 5.32 Å². The summed E-state index contributed by atoms with van der Waals surface area (Å²) in [6.07, 6.45) is 17.6. The third-order valence-corrected chi connectivity index (χ3v) is 15.3. The van der Waals surface area contributed by atoms with Gasteiger partial charge in [0, 0.05) is 23.8 Å². The zero-order valence-electron chi connectivity index (χ0n) is 28.8. The smallest absolute Gasteiger partial charge is 0.329 e. The monoisotopic (exact) mass is 607 g/mol. The van der Waals surface area contributed by atoms with Crippen LogP contribution in [0.1, 0.15) is 120 Å². The van der Waals surface area contributed by atoms with E-state index in [0.717, 1.165) is 12.3 Å². The largest absolute Gasteiger partial charge is 0.462 e. The minimum atomic E-state index is -0.579. The zero-order valence-corrected chi connectivity index (χ0v) is 28.8. The summed E-state index contributed by atoms with van der Waals surface area (Å²) in [4.78, 5) is 36.9. The number of fused-ring (bicyclic) bond motifs is 2. The highest BCUT2D eigenvalue weighted by molar-refractivity contribution is 5.96. The number of ether oxygens (including phenoxy) is 2. The number of hydrogen-bond donors (Lipinski definition) is 1. The summed E-state index contributed by atoms with van der Waals surface area (Å²) in [5, 5.41) is 2.88. The van der Waals surface area contributed by atoms with Crippen LogP contribution in [0.3, 0.4) is 0 Å². The van der Waals surface area contributed by atoms with Crippen LogP contribution in [0.25, 0.3) is 0 Å². The maximum absolute atomic E-state index is 12.8. The second kappa shape index (κ2) is 10.5. The molecule has 0 aromatic rings. The van der Waals surface area contributed by atoms with Crippen LogP contribution in [0.15, 0.2) is 23.8 Å². The van der Waals surface area contributed by atoms with Crippen LogP contribution in [0.4, 0.5) is 0 Å². The first-order valence-electron chi connectivity index (χ1n) is 17.6. The van der Waals surface area contributed by atoms with Gasteiger partial charge in [0.2, 0.25) is 5.91 Å². The highest BCUT2D eigenvalue weighted by Crippen LogP contribution is 2.89. The van der Waals surface area contributed by atoms with E-state index < -0.39 is 6.04 Å². The minimum absolute atomic E-state index is 0.0373. The molecule has 6 nitrogen and oxygen atoms in total. The Morgan fingerprint density at radius 3 is 2.27 bits per heavy atom. The summed E-state index contributed by atoms with van der Waals surface area (Å²) in [7, 11) is 0. The van der Waals surface area contributed by atoms with Gasteiger partial charge in [-0.3, -0.25) is 9.59 Å². The molecule has 6 rings (SSSR count). The molecule has 244 valence electrons. The lowest BCUT2D eigenvalue weighted by Gasteiger charge is -2.63. The van der Waals surface area contributed by atoms with Crippen molar-refractivity contribution in [2.24, 2.45) is 56.7 Å². The van der Waals surface area contributed by atoms with Crippen LogP contribution in [0.5, 0.6) is 0 Å². The van der Waals surface area contributed by atoms with Gasteiger partial charge in [-0.1, -0.05) is 59.8 Å². The molecule has 6 fully saturated rings. The quantitative estimate of drug-likeness (QED) is 0.191. The molecule has 6 heteroatoms. The van der Waals surface area contributed by atoms with E-state index >= 15 is 0 Å². The van der Waals surface area contributed by atoms with Crippen LogP contribution in [0.2, 0.25) is 0 Å². The molecular formula is C38H57NO5. The fraction of sp³-hybridized carbons (Fsp3) is 0.816. The van der Waals surface area contributed by atoms with E-state index in [1.165, 1.54) is 51.4 Å². The molecule has 12 atom stereocenters. The third-order valence-electron chi connectivity index (χ3n) is 15.3. The fourth-order valence-corrected chi connectivity index (χ4v) is 12.5. The van der Waals surface area contributed by atoms with Gasteiger partial charge in [0.15, 0.2) is 0 Å². The SMILES string of the molecule is CC(=O)O[C@H]1CC[C@]23C[C@]24CC[C@]2(C)[C@@H]([C@H](C)/C=C/C=C(\C)C(=O)N[C@@H]5C(=O)O[C@H](C)[C@@H]5C)CC[C@@]2(C)[C@@H]4CC[C@H]3C1(C)C. The summed E-state index contributed by atoms with van der Waals surface area (Å²) in [5.41, 5.74) is 2.22. The molecule has 0 unspecified atom stereocenters. The van der Waals surface area contributed by atoms with Crippen molar-refractivity contribution in [1.29, 1.82) is 0 Å². The van der Waals surface area contributed by atoms with E-state index in [2.05, 4.69) is 52.1 Å². The number of carbonyl (C=O) groups excluding carboxylic acids is 3. The molecule has 1 amide bonds. The van der Waals surface area contributed by atoms with E-state index in [-0.39, 0.29) is 41.4 Å². The molecule has 1 N–H and O–H groups in total. The van der Waals surface area contributed by atoms with Crippen molar-refractivity contribution >= 4 is 17.8 Å². The van der Waals surface area contributed by atoms with Gasteiger partial charge in [0.25, 0.3) is 0 Å². The van der Waals surface area contributed by atoms with E-state index in [1.54, 1.807) is 6.92 Å². The second-order valence-corrected chi connectivity index (χ2v) is 17.2. The first-order valence-corrected chi connectivity index (χ1v) is 17.6. The Labute approximate surface area is 265 Å². The predicted octanol–water partition coefficient (Wildman–Crippen LogP) is 7.56. The van der Waals surface area contributed by atoms with E-state index in [4.69, 9.17) is 9.47 Å². The van der Waals surface area contributed by atoms with Crippen LogP contribution >= 0.6 is 0 Å². The Balaban J connectivity index is 1.14. The van der Waals surface area contributed by atoms with E-state index in [9.17, 15) is 14.4 Å². The Kier molecular flexibility index (Phi) is 7.57. The van der Waals surface area contributed by atoms with Crippen LogP contribution in [0, 0.1) is 56.7 Å². The second-order valence-electron chi connectivity index (χ2n) is 17.2. The normalized spacial score (nSPS) is 48.0. The summed E-state index contributed by atoms with van der Waals surface area (Å²) >= 11 is 0. The summed E-state index contributed by atoms with van der Waals surface area (Å²) in [5.74, 6) is 1.77. The predicted molar refractivity (Wildman–Crippen MR) is 171 cm³/mol. The minimum Gasteiger partial charge on any atom is -0.462 e. The molecule has 1 heterocycles. The molecule has 6 aliphatic rings. The van der Waals surface area contributed by atoms with Gasteiger partial charge in [-0.2, -0.15) is 0 Å². The number of amides is 1. The van der Waals surface area contributed by atoms with Crippen molar-refractivity contribution in [3.8, 4) is 0 Å². The van der Waals surface area contributed by atoms with Crippen molar-refractivity contribution < 1.29 is 23.9 Å². The summed E-state index contributed by atoms with van der Waals surface area (Å²) in [6, 6.07) is -0.579. The topological polar surface area (TPSA) is 81.7 Å². The average molecular weight is 608 g/mol. The molecule has 5 saturated carbocycles. The van der Waals surface area contributed by atoms with E-state index in [1.807, 2.05) is 26.8 Å². The summed E-state index contributed by atoms with van der Waals surface area (Å²) in [6.45, 7) is 19.6. The zero-order chi connectivity index (χ0) is 32.0. The Hall–Kier alpha value is -2.11. The number of hydrogen-bond acceptors (Lipinski definition) is 5. The summed E-state index contributed by atoms with van der Waals surface area (Å²) < 4.78 is 11.2. The molecule has 0 aromatic heterocycles. The molecule has 0 aromatic carbocycles. The number of nitrogens with one attached hydrogen (secondary N) is 1. The number of allylic oxidation sites excluding steroid dienone is 3. The van der Waals surface area contributed by atoms with Crippen molar-refractivity contribution in [3.05, 3.63) is 23.8 Å². The lowest BCUT2D eigenvalue weighted by atomic mass is 9.42. The van der Waals surface area contributed by atoms with Crippen molar-refractivity contribution in [2.45, 2.75) is 138 Å². The number of rotatable bonds is 6. The van der Waals surface area contributed by atoms with Crippen molar-refractivity contribution in [2.75, 3.05) is 0 Å². The van der Waals surface area contributed by atoms with Gasteiger partial charge in [-0.25, -0.2) is 4.79 Å². The molecular weight excluding hydrogens is 550 g/mol. The molecule has 0 bridgehead atoms. The third kappa shape index (κ3) is 4.34. The van der Waals surface area contributed by atoms with E-state index in [0.29, 0.717) is 45.0 Å². The Bertz CT molecular complexity index is 1280. The molecule has 2 spiro atoms. The first kappa shape index (κ1) is 31.9. The average Bonchev–Trinajstić information content (AvgIpc) is 3.45. The molecule has 44 heavy (non-hydrogen) atoms. The van der Waals surface area contributed by atoms with Gasteiger partial charge < -0.3 is 14.8 Å². The van der Waals surface area contributed by atoms with Crippen LogP contribution in [-0.4, -0.2) is 36.1 Å². The number of esters is 2. The van der Waals surface area contributed by atoms with Gasteiger partial charge in [-0.15, -0.1) is 0 Å². The van der Waals surface area contributed by atoms with Crippen molar-refractivity contribution in [3.63, 3.8) is 0 Å². The number of cyclic esters (lactones) is 1. The molecule has 5 aliphatic carbocycles. The maximum Gasteiger partial charge on any atom is 0.329 e. The molecule has 1 saturated heterocycles. The maximum atomic E-state index is 12.8. The Morgan fingerprint density at radius 1 is 0.932 bits per heavy atom. The lowest BCUT2D eigenvalue weighted by Crippen LogP contribution is -2.58. The Morgan fingerprint density at radius 2 is 1.61 bits per heavy atom. The molecule has 0 radical (unpaired) electrons. The van der Waals surface area contributed by atoms with Crippen LogP contribution in [-0.2, 0) is 23.9 Å². The van der Waals surface area contributed by atoms with Gasteiger partial charge in [-0.05, 0) is 117 Å². The standard InChI is InChI=1S/C38H57NO5/c1-22(11-10-12-23(2)32(41)39-31-24(3)25(4)43-33(31)42)27-15-17-36(9)29-14-13-28-34(6,7)30(44-26(5)40)16-18-37(28)21-38(29,37)20-19-35(27,36)8/h10-12,22,24-25,27-31H,13-21H2,1-9H3,(H,39,41)/b11-10+,23-12+/t22-,24+,25-,27-,28+,29+,30+,31+,35-,36+,37-,38+/m1/s1. The highest BCUT2D eigenvalue weighted by Gasteiger charge is 2.82. The highest BCUT2D eigenvalue weighted by atomic mass is 16.6. The van der Waals surface area contributed by atoms with Gasteiger partial charge in [0.1, 0.15) is 18.2 Å².